The van der Waals surface area contributed by atoms with Gasteiger partial charge in [0.05, 0.1) is 5.75 Å². The minimum Gasteiger partial charge on any atom is -0.461 e. The second-order valence-corrected chi connectivity index (χ2v) is 8.53. The molecule has 0 unspecified atom stereocenters. The van der Waals surface area contributed by atoms with Crippen molar-refractivity contribution >= 4 is 23.7 Å². The van der Waals surface area contributed by atoms with E-state index in [1.54, 1.807) is 0 Å². The van der Waals surface area contributed by atoms with Gasteiger partial charge in [-0.05, 0) is 43.4 Å². The lowest BCUT2D eigenvalue weighted by atomic mass is 9.75. The molecule has 3 atom stereocenters. The SMILES string of the molecule is CC(C)[C@H]1CC[C@@H](C)C[C@H]1OC(=O)CSc1nnc(N)n1C1CC1. The van der Waals surface area contributed by atoms with Gasteiger partial charge in [-0.1, -0.05) is 39.0 Å². The number of esters is 1. The number of nitrogens with two attached hydrogens (primary N) is 1. The zero-order valence-corrected chi connectivity index (χ0v) is 15.6. The fraction of sp³-hybridized carbons (Fsp3) is 0.824. The van der Waals surface area contributed by atoms with Crippen molar-refractivity contribution in [3.8, 4) is 0 Å². The molecule has 2 aliphatic rings. The number of ether oxygens (including phenoxy) is 1. The first-order valence-electron chi connectivity index (χ1n) is 8.98. The van der Waals surface area contributed by atoms with Crippen LogP contribution in [0.15, 0.2) is 5.16 Å². The molecule has 1 aromatic heterocycles. The first-order valence-corrected chi connectivity index (χ1v) is 9.97. The highest BCUT2D eigenvalue weighted by Crippen LogP contribution is 2.39. The van der Waals surface area contributed by atoms with Crippen LogP contribution in [0.3, 0.4) is 0 Å². The lowest BCUT2D eigenvalue weighted by Gasteiger charge is -2.36. The van der Waals surface area contributed by atoms with Crippen molar-refractivity contribution < 1.29 is 9.53 Å². The number of hydrogen-bond donors (Lipinski definition) is 1. The van der Waals surface area contributed by atoms with Crippen molar-refractivity contribution in [2.24, 2.45) is 17.8 Å². The quantitative estimate of drug-likeness (QED) is 0.625. The van der Waals surface area contributed by atoms with Crippen molar-refractivity contribution in [1.29, 1.82) is 0 Å². The molecule has 2 fully saturated rings. The second kappa shape index (κ2) is 7.33. The van der Waals surface area contributed by atoms with Crippen LogP contribution in [-0.4, -0.2) is 32.6 Å². The van der Waals surface area contributed by atoms with E-state index in [-0.39, 0.29) is 17.8 Å². The van der Waals surface area contributed by atoms with Gasteiger partial charge < -0.3 is 10.5 Å². The number of anilines is 1. The van der Waals surface area contributed by atoms with E-state index >= 15 is 0 Å². The summed E-state index contributed by atoms with van der Waals surface area (Å²) < 4.78 is 7.77. The number of nitrogens with zero attached hydrogens (tertiary/aromatic N) is 3. The van der Waals surface area contributed by atoms with E-state index in [4.69, 9.17) is 10.5 Å². The van der Waals surface area contributed by atoms with Crippen LogP contribution in [0.5, 0.6) is 0 Å². The molecule has 1 aromatic rings. The first kappa shape index (κ1) is 17.6. The van der Waals surface area contributed by atoms with Gasteiger partial charge in [-0.25, -0.2) is 0 Å². The third kappa shape index (κ3) is 4.05. The van der Waals surface area contributed by atoms with E-state index in [9.17, 15) is 4.79 Å². The first-order chi connectivity index (χ1) is 11.5. The highest BCUT2D eigenvalue weighted by Gasteiger charge is 2.34. The minimum atomic E-state index is -0.159. The predicted molar refractivity (Wildman–Crippen MR) is 94.7 cm³/mol. The van der Waals surface area contributed by atoms with Crippen molar-refractivity contribution in [3.05, 3.63) is 0 Å². The zero-order chi connectivity index (χ0) is 17.3. The van der Waals surface area contributed by atoms with Crippen LogP contribution >= 0.6 is 11.8 Å². The van der Waals surface area contributed by atoms with Crippen LogP contribution in [0.1, 0.15) is 58.9 Å². The van der Waals surface area contributed by atoms with Crippen LogP contribution < -0.4 is 5.73 Å². The average Bonchev–Trinajstić information content (AvgIpc) is 3.28. The van der Waals surface area contributed by atoms with E-state index in [1.165, 1.54) is 18.2 Å². The Morgan fingerprint density at radius 1 is 1.33 bits per heavy atom. The van der Waals surface area contributed by atoms with Crippen LogP contribution in [-0.2, 0) is 9.53 Å². The van der Waals surface area contributed by atoms with Crippen molar-refractivity contribution in [3.63, 3.8) is 0 Å². The van der Waals surface area contributed by atoms with Gasteiger partial charge in [-0.3, -0.25) is 9.36 Å². The van der Waals surface area contributed by atoms with E-state index in [0.717, 1.165) is 30.8 Å². The fourth-order valence-corrected chi connectivity index (χ4v) is 4.43. The average molecular weight is 353 g/mol. The van der Waals surface area contributed by atoms with Crippen LogP contribution in [0, 0.1) is 17.8 Å². The summed E-state index contributed by atoms with van der Waals surface area (Å²) in [6, 6.07) is 0.406. The van der Waals surface area contributed by atoms with Gasteiger partial charge in [-0.2, -0.15) is 0 Å². The van der Waals surface area contributed by atoms with Gasteiger partial charge in [0.1, 0.15) is 6.10 Å². The number of carbonyl (C=O) groups is 1. The van der Waals surface area contributed by atoms with Gasteiger partial charge in [-0.15, -0.1) is 10.2 Å². The minimum absolute atomic E-state index is 0.0493. The largest absolute Gasteiger partial charge is 0.461 e. The zero-order valence-electron chi connectivity index (χ0n) is 14.8. The number of hydrogen-bond acceptors (Lipinski definition) is 6. The number of rotatable bonds is 6. The lowest BCUT2D eigenvalue weighted by Crippen LogP contribution is -2.36. The summed E-state index contributed by atoms with van der Waals surface area (Å²) in [5.41, 5.74) is 5.86. The Labute approximate surface area is 147 Å². The summed E-state index contributed by atoms with van der Waals surface area (Å²) in [7, 11) is 0. The molecule has 0 amide bonds. The van der Waals surface area contributed by atoms with E-state index < -0.39 is 0 Å². The van der Waals surface area contributed by atoms with E-state index in [1.807, 2.05) is 4.57 Å². The summed E-state index contributed by atoms with van der Waals surface area (Å²) in [6.45, 7) is 6.68. The second-order valence-electron chi connectivity index (χ2n) is 7.59. The molecule has 3 rings (SSSR count). The van der Waals surface area contributed by atoms with Crippen molar-refractivity contribution in [2.45, 2.75) is 70.2 Å². The molecular weight excluding hydrogens is 324 g/mol. The molecule has 2 saturated carbocycles. The predicted octanol–water partition coefficient (Wildman–Crippen LogP) is 3.29. The molecule has 0 saturated heterocycles. The molecule has 1 heterocycles. The Hall–Kier alpha value is -1.24. The molecule has 0 aliphatic heterocycles. The number of nitrogen functional groups attached to an aromatic ring is 1. The van der Waals surface area contributed by atoms with Crippen molar-refractivity contribution in [1.82, 2.24) is 14.8 Å². The summed E-state index contributed by atoms with van der Waals surface area (Å²) in [6.07, 6.45) is 5.62. The third-order valence-electron chi connectivity index (χ3n) is 5.17. The van der Waals surface area contributed by atoms with E-state index in [2.05, 4.69) is 31.0 Å². The van der Waals surface area contributed by atoms with Gasteiger partial charge in [0.2, 0.25) is 5.95 Å². The molecule has 0 aromatic carbocycles. The number of carbonyl (C=O) groups excluding carboxylic acids is 1. The van der Waals surface area contributed by atoms with Gasteiger partial charge in [0.15, 0.2) is 5.16 Å². The summed E-state index contributed by atoms with van der Waals surface area (Å²) in [4.78, 5) is 12.3. The Balaban J connectivity index is 1.55. The Morgan fingerprint density at radius 3 is 2.75 bits per heavy atom. The standard InChI is InChI=1S/C17H28N4O2S/c1-10(2)13-7-4-11(3)8-14(13)23-15(22)9-24-17-20-19-16(18)21(17)12-5-6-12/h10-14H,4-9H2,1-3H3,(H2,18,19)/t11-,13-,14-/m1/s1. The molecular formula is C17H28N4O2S. The van der Waals surface area contributed by atoms with Crippen LogP contribution in [0.2, 0.25) is 0 Å². The molecule has 0 spiro atoms. The molecule has 2 aliphatic carbocycles. The Morgan fingerprint density at radius 2 is 2.08 bits per heavy atom. The van der Waals surface area contributed by atoms with Crippen LogP contribution in [0.4, 0.5) is 5.95 Å². The molecule has 0 radical (unpaired) electrons. The summed E-state index contributed by atoms with van der Waals surface area (Å²) >= 11 is 1.38. The highest BCUT2D eigenvalue weighted by molar-refractivity contribution is 7.99. The topological polar surface area (TPSA) is 83.0 Å². The van der Waals surface area contributed by atoms with Gasteiger partial charge in [0, 0.05) is 6.04 Å². The Kier molecular flexibility index (Phi) is 5.37. The lowest BCUT2D eigenvalue weighted by molar-refractivity contribution is -0.152. The van der Waals surface area contributed by atoms with Gasteiger partial charge in [0.25, 0.3) is 0 Å². The number of aromatic nitrogens is 3. The van der Waals surface area contributed by atoms with Gasteiger partial charge >= 0.3 is 5.97 Å². The third-order valence-corrected chi connectivity index (χ3v) is 6.08. The van der Waals surface area contributed by atoms with Crippen LogP contribution in [0.25, 0.3) is 0 Å². The Bertz CT molecular complexity index is 585. The molecule has 7 heteroatoms. The molecule has 134 valence electrons. The summed E-state index contributed by atoms with van der Waals surface area (Å²) in [5.74, 6) is 2.19. The number of thioether (sulfide) groups is 1. The van der Waals surface area contributed by atoms with Crippen molar-refractivity contribution in [2.75, 3.05) is 11.5 Å². The van der Waals surface area contributed by atoms with E-state index in [0.29, 0.717) is 29.7 Å². The fourth-order valence-electron chi connectivity index (χ4n) is 3.64. The smallest absolute Gasteiger partial charge is 0.316 e. The maximum atomic E-state index is 12.3. The molecule has 6 nitrogen and oxygen atoms in total. The normalized spacial score (nSPS) is 27.4. The maximum Gasteiger partial charge on any atom is 0.316 e. The molecule has 0 bridgehead atoms. The monoisotopic (exact) mass is 352 g/mol. The molecule has 2 N–H and O–H groups in total. The maximum absolute atomic E-state index is 12.3. The molecule has 24 heavy (non-hydrogen) atoms. The summed E-state index contributed by atoms with van der Waals surface area (Å²) in [5, 5.41) is 8.75. The highest BCUT2D eigenvalue weighted by atomic mass is 32.2.